The molecule has 3 aromatic rings. The fraction of sp³-hybridized carbons (Fsp3) is 0.250. The van der Waals surface area contributed by atoms with Crippen LogP contribution in [0.3, 0.4) is 0 Å². The topological polar surface area (TPSA) is 121 Å². The Morgan fingerprint density at radius 2 is 2.03 bits per heavy atom. The van der Waals surface area contributed by atoms with E-state index in [4.69, 9.17) is 4.74 Å². The van der Waals surface area contributed by atoms with Crippen molar-refractivity contribution in [2.24, 2.45) is 0 Å². The molecule has 10 heteroatoms. The summed E-state index contributed by atoms with van der Waals surface area (Å²) in [5.41, 5.74) is 0.616. The van der Waals surface area contributed by atoms with Crippen LogP contribution in [-0.2, 0) is 21.3 Å². The number of carbonyl (C=O) groups excluding carboxylic acids is 1. The number of amides is 1. The molecular formula is C20H20N4O5S. The normalized spacial score (nSPS) is 15.2. The van der Waals surface area contributed by atoms with E-state index in [2.05, 4.69) is 15.3 Å². The van der Waals surface area contributed by atoms with E-state index in [1.54, 1.807) is 24.5 Å². The minimum Gasteiger partial charge on any atom is -0.379 e. The average molecular weight is 428 g/mol. The number of benzene rings is 1. The number of H-pyrrole nitrogens is 1. The van der Waals surface area contributed by atoms with Gasteiger partial charge in [0.25, 0.3) is 5.91 Å². The fourth-order valence-corrected chi connectivity index (χ4v) is 4.68. The van der Waals surface area contributed by atoms with Crippen molar-refractivity contribution in [2.75, 3.05) is 26.3 Å². The zero-order valence-electron chi connectivity index (χ0n) is 16.0. The number of fused-ring (bicyclic) bond motifs is 1. The molecule has 1 aliphatic rings. The van der Waals surface area contributed by atoms with Gasteiger partial charge in [0.05, 0.1) is 18.1 Å². The molecule has 4 rings (SSSR count). The van der Waals surface area contributed by atoms with Crippen molar-refractivity contribution in [1.29, 1.82) is 0 Å². The lowest BCUT2D eigenvalue weighted by Crippen LogP contribution is -2.40. The van der Waals surface area contributed by atoms with Gasteiger partial charge in [-0.3, -0.25) is 14.6 Å². The van der Waals surface area contributed by atoms with Crippen LogP contribution >= 0.6 is 0 Å². The molecular weight excluding hydrogens is 408 g/mol. The Hall–Kier alpha value is -3.08. The van der Waals surface area contributed by atoms with Crippen molar-refractivity contribution in [3.8, 4) is 0 Å². The number of nitrogens with one attached hydrogen (secondary N) is 2. The van der Waals surface area contributed by atoms with Crippen molar-refractivity contribution >= 4 is 26.8 Å². The second kappa shape index (κ2) is 8.34. The molecule has 0 unspecified atom stereocenters. The van der Waals surface area contributed by atoms with Gasteiger partial charge in [-0.2, -0.15) is 4.31 Å². The van der Waals surface area contributed by atoms with Gasteiger partial charge < -0.3 is 15.0 Å². The highest BCUT2D eigenvalue weighted by Gasteiger charge is 2.27. The van der Waals surface area contributed by atoms with Crippen molar-refractivity contribution < 1.29 is 17.9 Å². The number of hydrogen-bond acceptors (Lipinski definition) is 6. The Kier molecular flexibility index (Phi) is 5.62. The summed E-state index contributed by atoms with van der Waals surface area (Å²) in [6.45, 7) is 1.39. The summed E-state index contributed by atoms with van der Waals surface area (Å²) < 4.78 is 32.3. The second-order valence-corrected chi connectivity index (χ2v) is 8.74. The Labute approximate surface area is 172 Å². The molecule has 9 nitrogen and oxygen atoms in total. The summed E-state index contributed by atoms with van der Waals surface area (Å²) in [4.78, 5) is 32.3. The molecule has 0 spiro atoms. The van der Waals surface area contributed by atoms with Crippen LogP contribution < -0.4 is 10.7 Å². The molecule has 1 aliphatic heterocycles. The monoisotopic (exact) mass is 428 g/mol. The van der Waals surface area contributed by atoms with E-state index in [0.29, 0.717) is 18.7 Å². The summed E-state index contributed by atoms with van der Waals surface area (Å²) in [6.07, 6.45) is 4.58. The molecule has 1 fully saturated rings. The first-order valence-corrected chi connectivity index (χ1v) is 10.8. The van der Waals surface area contributed by atoms with Gasteiger partial charge in [-0.05, 0) is 29.8 Å². The van der Waals surface area contributed by atoms with Gasteiger partial charge in [0.1, 0.15) is 5.56 Å². The largest absolute Gasteiger partial charge is 0.379 e. The zero-order valence-corrected chi connectivity index (χ0v) is 16.8. The van der Waals surface area contributed by atoms with E-state index in [9.17, 15) is 18.0 Å². The smallest absolute Gasteiger partial charge is 0.257 e. The maximum absolute atomic E-state index is 12.9. The van der Waals surface area contributed by atoms with Crippen LogP contribution in [0.15, 0.2) is 58.6 Å². The standard InChI is InChI=1S/C20H20N4O5S/c25-19-16-10-15(30(27,28)24-6-8-29-9-7-24)3-4-18(16)22-13-17(19)20(26)23-12-14-2-1-5-21-11-14/h1-5,10-11,13H,6-9,12H2,(H,22,25)(H,23,26). The third-order valence-corrected chi connectivity index (χ3v) is 6.78. The van der Waals surface area contributed by atoms with E-state index < -0.39 is 21.4 Å². The molecule has 1 amide bonds. The summed E-state index contributed by atoms with van der Waals surface area (Å²) in [7, 11) is -3.76. The van der Waals surface area contributed by atoms with E-state index in [1.807, 2.05) is 0 Å². The van der Waals surface area contributed by atoms with Crippen LogP contribution in [0, 0.1) is 0 Å². The number of ether oxygens (including phenoxy) is 1. The SMILES string of the molecule is O=C(NCc1cccnc1)c1c[nH]c2ccc(S(=O)(=O)N3CCOCC3)cc2c1=O. The summed E-state index contributed by atoms with van der Waals surface area (Å²) >= 11 is 0. The Balaban J connectivity index is 1.64. The third-order valence-electron chi connectivity index (χ3n) is 4.88. The summed E-state index contributed by atoms with van der Waals surface area (Å²) in [5.74, 6) is -0.552. The van der Waals surface area contributed by atoms with E-state index in [1.165, 1.54) is 28.7 Å². The number of aromatic nitrogens is 2. The highest BCUT2D eigenvalue weighted by atomic mass is 32.2. The average Bonchev–Trinajstić information content (AvgIpc) is 2.79. The van der Waals surface area contributed by atoms with Crippen molar-refractivity contribution in [2.45, 2.75) is 11.4 Å². The van der Waals surface area contributed by atoms with Gasteiger partial charge in [0.15, 0.2) is 0 Å². The predicted molar refractivity (Wildman–Crippen MR) is 110 cm³/mol. The fourth-order valence-electron chi connectivity index (χ4n) is 3.24. The Morgan fingerprint density at radius 3 is 2.77 bits per heavy atom. The number of morpholine rings is 1. The first-order chi connectivity index (χ1) is 14.5. The lowest BCUT2D eigenvalue weighted by molar-refractivity contribution is 0.0730. The molecule has 156 valence electrons. The molecule has 2 aromatic heterocycles. The van der Waals surface area contributed by atoms with Gasteiger partial charge in [-0.25, -0.2) is 8.42 Å². The zero-order chi connectivity index (χ0) is 21.1. The Morgan fingerprint density at radius 1 is 1.23 bits per heavy atom. The van der Waals surface area contributed by atoms with Crippen LogP contribution in [0.2, 0.25) is 0 Å². The molecule has 2 N–H and O–H groups in total. The maximum atomic E-state index is 12.9. The summed E-state index contributed by atoms with van der Waals surface area (Å²) in [5, 5.41) is 2.82. The minimum absolute atomic E-state index is 0.00955. The van der Waals surface area contributed by atoms with Crippen molar-refractivity contribution in [3.05, 3.63) is 70.3 Å². The quantitative estimate of drug-likeness (QED) is 0.622. The summed E-state index contributed by atoms with van der Waals surface area (Å²) in [6, 6.07) is 7.85. The molecule has 0 saturated carbocycles. The van der Waals surface area contributed by atoms with E-state index in [0.717, 1.165) is 5.56 Å². The van der Waals surface area contributed by atoms with Crippen LogP contribution in [-0.4, -0.2) is 54.9 Å². The first kappa shape index (κ1) is 20.2. The van der Waals surface area contributed by atoms with Crippen LogP contribution in [0.25, 0.3) is 10.9 Å². The van der Waals surface area contributed by atoms with E-state index >= 15 is 0 Å². The molecule has 3 heterocycles. The lowest BCUT2D eigenvalue weighted by Gasteiger charge is -2.26. The molecule has 30 heavy (non-hydrogen) atoms. The number of pyridine rings is 2. The highest BCUT2D eigenvalue weighted by molar-refractivity contribution is 7.89. The number of aromatic amines is 1. The Bertz CT molecular complexity index is 1240. The number of rotatable bonds is 5. The molecule has 1 aromatic carbocycles. The van der Waals surface area contributed by atoms with Gasteiger partial charge in [0.2, 0.25) is 15.5 Å². The second-order valence-electron chi connectivity index (χ2n) is 6.80. The molecule has 0 bridgehead atoms. The van der Waals surface area contributed by atoms with Gasteiger partial charge in [0, 0.05) is 49.1 Å². The van der Waals surface area contributed by atoms with Gasteiger partial charge in [-0.1, -0.05) is 6.07 Å². The third kappa shape index (κ3) is 3.97. The van der Waals surface area contributed by atoms with Crippen LogP contribution in [0.4, 0.5) is 0 Å². The van der Waals surface area contributed by atoms with Crippen LogP contribution in [0.1, 0.15) is 15.9 Å². The van der Waals surface area contributed by atoms with Gasteiger partial charge in [-0.15, -0.1) is 0 Å². The molecule has 0 aliphatic carbocycles. The number of hydrogen-bond donors (Lipinski definition) is 2. The number of nitrogens with zero attached hydrogens (tertiary/aromatic N) is 2. The van der Waals surface area contributed by atoms with Crippen molar-refractivity contribution in [1.82, 2.24) is 19.6 Å². The highest BCUT2D eigenvalue weighted by Crippen LogP contribution is 2.20. The first-order valence-electron chi connectivity index (χ1n) is 9.37. The predicted octanol–water partition coefficient (Wildman–Crippen LogP) is 0.874. The minimum atomic E-state index is -3.76. The maximum Gasteiger partial charge on any atom is 0.257 e. The van der Waals surface area contributed by atoms with E-state index in [-0.39, 0.29) is 35.5 Å². The van der Waals surface area contributed by atoms with Crippen molar-refractivity contribution in [3.63, 3.8) is 0 Å². The van der Waals surface area contributed by atoms with Gasteiger partial charge >= 0.3 is 0 Å². The molecule has 0 radical (unpaired) electrons. The number of sulfonamides is 1. The number of carbonyl (C=O) groups is 1. The van der Waals surface area contributed by atoms with Crippen LogP contribution in [0.5, 0.6) is 0 Å². The molecule has 1 saturated heterocycles. The lowest BCUT2D eigenvalue weighted by atomic mass is 10.1. The molecule has 0 atom stereocenters.